The highest BCUT2D eigenvalue weighted by Gasteiger charge is 2.20. The van der Waals surface area contributed by atoms with Gasteiger partial charge in [0.1, 0.15) is 0 Å². The van der Waals surface area contributed by atoms with Crippen LogP contribution < -0.4 is 10.6 Å². The van der Waals surface area contributed by atoms with Gasteiger partial charge in [0, 0.05) is 51.7 Å². The van der Waals surface area contributed by atoms with Crippen LogP contribution in [0.3, 0.4) is 0 Å². The van der Waals surface area contributed by atoms with Gasteiger partial charge in [-0.2, -0.15) is 0 Å². The van der Waals surface area contributed by atoms with Gasteiger partial charge in [-0.25, -0.2) is 0 Å². The molecule has 2 N–H and O–H groups in total. The highest BCUT2D eigenvalue weighted by atomic mass is 15.2. The summed E-state index contributed by atoms with van der Waals surface area (Å²) in [6, 6.07) is 11.3. The molecule has 0 aliphatic carbocycles. The molecule has 0 atom stereocenters. The second kappa shape index (κ2) is 10.2. The van der Waals surface area contributed by atoms with Crippen molar-refractivity contribution < 1.29 is 0 Å². The number of guanidine groups is 1. The maximum Gasteiger partial charge on any atom is 0.191 e. The van der Waals surface area contributed by atoms with Gasteiger partial charge in [0.15, 0.2) is 5.96 Å². The molecule has 3 rings (SSSR count). The van der Waals surface area contributed by atoms with Crippen molar-refractivity contribution in [2.24, 2.45) is 4.99 Å². The van der Waals surface area contributed by atoms with Crippen LogP contribution in [0.2, 0.25) is 0 Å². The van der Waals surface area contributed by atoms with E-state index in [-0.39, 0.29) is 0 Å². The Labute approximate surface area is 169 Å². The molecular weight excluding hydrogens is 346 g/mol. The highest BCUT2D eigenvalue weighted by Crippen LogP contribution is 2.16. The first-order valence-electron chi connectivity index (χ1n) is 10.3. The fraction of sp³-hybridized carbons (Fsp3) is 0.478. The first kappa shape index (κ1) is 20.3. The summed E-state index contributed by atoms with van der Waals surface area (Å²) in [7, 11) is 1.85. The molecule has 0 bridgehead atoms. The predicted octanol–water partition coefficient (Wildman–Crippen LogP) is 3.07. The summed E-state index contributed by atoms with van der Waals surface area (Å²) in [5.74, 6) is 0.907. The number of pyridine rings is 1. The third-order valence-electron chi connectivity index (χ3n) is 5.63. The first-order valence-corrected chi connectivity index (χ1v) is 10.3. The molecule has 1 aliphatic rings. The van der Waals surface area contributed by atoms with Crippen LogP contribution in [0.15, 0.2) is 47.7 Å². The van der Waals surface area contributed by atoms with E-state index in [1.54, 1.807) is 0 Å². The summed E-state index contributed by atoms with van der Waals surface area (Å²) in [5, 5.41) is 7.06. The number of aromatic nitrogens is 1. The number of nitrogens with zero attached hydrogens (tertiary/aromatic N) is 3. The molecular formula is C23H33N5. The average Bonchev–Trinajstić information content (AvgIpc) is 2.71. The first-order chi connectivity index (χ1) is 13.7. The van der Waals surface area contributed by atoms with E-state index in [0.717, 1.165) is 51.4 Å². The Kier molecular flexibility index (Phi) is 7.43. The Morgan fingerprint density at radius 2 is 1.89 bits per heavy atom. The Bertz CT molecular complexity index is 778. The summed E-state index contributed by atoms with van der Waals surface area (Å²) in [6.07, 6.45) is 7.06. The fourth-order valence-corrected chi connectivity index (χ4v) is 3.75. The van der Waals surface area contributed by atoms with E-state index in [4.69, 9.17) is 0 Å². The summed E-state index contributed by atoms with van der Waals surface area (Å²) < 4.78 is 0. The lowest BCUT2D eigenvalue weighted by atomic mass is 10.0. The van der Waals surface area contributed by atoms with Crippen molar-refractivity contribution in [2.75, 3.05) is 26.7 Å². The molecule has 2 aromatic rings. The maximum atomic E-state index is 4.40. The predicted molar refractivity (Wildman–Crippen MR) is 117 cm³/mol. The minimum Gasteiger partial charge on any atom is -0.356 e. The van der Waals surface area contributed by atoms with Crippen molar-refractivity contribution in [3.63, 3.8) is 0 Å². The van der Waals surface area contributed by atoms with Crippen LogP contribution in [-0.2, 0) is 13.0 Å². The average molecular weight is 380 g/mol. The second-order valence-corrected chi connectivity index (χ2v) is 7.67. The summed E-state index contributed by atoms with van der Waals surface area (Å²) in [5.41, 5.74) is 5.41. The lowest BCUT2D eigenvalue weighted by Gasteiger charge is -2.33. The standard InChI is InChI=1S/C23H33N5/c1-18-6-4-5-7-21(18)17-28-14-10-22(11-15-28)27-23(24-3)26-13-9-20-8-12-25-16-19(20)2/h4-8,12,16,22H,9-11,13-15,17H2,1-3H3,(H2,24,26,27). The van der Waals surface area contributed by atoms with Crippen LogP contribution in [0.1, 0.15) is 35.1 Å². The Morgan fingerprint density at radius 1 is 1.11 bits per heavy atom. The molecule has 1 aromatic carbocycles. The number of likely N-dealkylation sites (tertiary alicyclic amines) is 1. The monoisotopic (exact) mass is 379 g/mol. The van der Waals surface area contributed by atoms with Crippen LogP contribution in [0.5, 0.6) is 0 Å². The van der Waals surface area contributed by atoms with Crippen molar-refractivity contribution in [3.8, 4) is 0 Å². The molecule has 1 fully saturated rings. The number of piperidine rings is 1. The Morgan fingerprint density at radius 3 is 2.61 bits per heavy atom. The third-order valence-corrected chi connectivity index (χ3v) is 5.63. The lowest BCUT2D eigenvalue weighted by Crippen LogP contribution is -2.48. The van der Waals surface area contributed by atoms with Gasteiger partial charge in [-0.3, -0.25) is 14.9 Å². The molecule has 0 saturated carbocycles. The number of hydrogen-bond donors (Lipinski definition) is 2. The second-order valence-electron chi connectivity index (χ2n) is 7.67. The van der Waals surface area contributed by atoms with Gasteiger partial charge in [-0.15, -0.1) is 0 Å². The van der Waals surface area contributed by atoms with Crippen molar-refractivity contribution in [1.29, 1.82) is 0 Å². The zero-order valence-electron chi connectivity index (χ0n) is 17.4. The molecule has 0 radical (unpaired) electrons. The van der Waals surface area contributed by atoms with Crippen molar-refractivity contribution in [3.05, 3.63) is 65.0 Å². The third kappa shape index (κ3) is 5.80. The van der Waals surface area contributed by atoms with Crippen LogP contribution in [-0.4, -0.2) is 48.6 Å². The van der Waals surface area contributed by atoms with Gasteiger partial charge in [-0.05, 0) is 61.4 Å². The number of hydrogen-bond acceptors (Lipinski definition) is 3. The smallest absolute Gasteiger partial charge is 0.191 e. The van der Waals surface area contributed by atoms with Gasteiger partial charge < -0.3 is 10.6 Å². The largest absolute Gasteiger partial charge is 0.356 e. The number of aryl methyl sites for hydroxylation is 2. The maximum absolute atomic E-state index is 4.40. The number of nitrogens with one attached hydrogen (secondary N) is 2. The van der Waals surface area contributed by atoms with Gasteiger partial charge >= 0.3 is 0 Å². The quantitative estimate of drug-likeness (QED) is 0.598. The fourth-order valence-electron chi connectivity index (χ4n) is 3.75. The molecule has 0 spiro atoms. The summed E-state index contributed by atoms with van der Waals surface area (Å²) >= 11 is 0. The molecule has 5 nitrogen and oxygen atoms in total. The van der Waals surface area contributed by atoms with Crippen LogP contribution in [0.4, 0.5) is 0 Å². The Hall–Kier alpha value is -2.40. The van der Waals surface area contributed by atoms with Crippen LogP contribution in [0.25, 0.3) is 0 Å². The summed E-state index contributed by atoms with van der Waals surface area (Å²) in [6.45, 7) is 8.49. The summed E-state index contributed by atoms with van der Waals surface area (Å²) in [4.78, 5) is 11.1. The highest BCUT2D eigenvalue weighted by molar-refractivity contribution is 5.79. The minimum atomic E-state index is 0.488. The van der Waals surface area contributed by atoms with E-state index in [1.165, 1.54) is 22.3 Å². The van der Waals surface area contributed by atoms with E-state index < -0.39 is 0 Å². The Balaban J connectivity index is 1.40. The molecule has 28 heavy (non-hydrogen) atoms. The van der Waals surface area contributed by atoms with E-state index in [0.29, 0.717) is 6.04 Å². The van der Waals surface area contributed by atoms with Crippen LogP contribution in [0, 0.1) is 13.8 Å². The van der Waals surface area contributed by atoms with Crippen molar-refractivity contribution in [1.82, 2.24) is 20.5 Å². The molecule has 150 valence electrons. The number of aliphatic imine (C=N–C) groups is 1. The van der Waals surface area contributed by atoms with Crippen molar-refractivity contribution in [2.45, 2.75) is 45.7 Å². The van der Waals surface area contributed by atoms with E-state index in [1.807, 2.05) is 19.4 Å². The van der Waals surface area contributed by atoms with Gasteiger partial charge in [0.2, 0.25) is 0 Å². The van der Waals surface area contributed by atoms with Gasteiger partial charge in [0.25, 0.3) is 0 Å². The molecule has 1 saturated heterocycles. The normalized spacial score (nSPS) is 16.2. The molecule has 1 aliphatic heterocycles. The SMILES string of the molecule is CN=C(NCCc1ccncc1C)NC1CCN(Cc2ccccc2C)CC1. The van der Waals surface area contributed by atoms with E-state index >= 15 is 0 Å². The zero-order valence-corrected chi connectivity index (χ0v) is 17.4. The lowest BCUT2D eigenvalue weighted by molar-refractivity contribution is 0.198. The van der Waals surface area contributed by atoms with E-state index in [9.17, 15) is 0 Å². The topological polar surface area (TPSA) is 52.6 Å². The molecule has 1 aromatic heterocycles. The molecule has 0 unspecified atom stereocenters. The van der Waals surface area contributed by atoms with E-state index in [2.05, 4.69) is 69.7 Å². The number of benzene rings is 1. The van der Waals surface area contributed by atoms with Gasteiger partial charge in [0.05, 0.1) is 0 Å². The number of rotatable bonds is 6. The zero-order chi connectivity index (χ0) is 19.8. The molecule has 5 heteroatoms. The van der Waals surface area contributed by atoms with Crippen molar-refractivity contribution >= 4 is 5.96 Å². The van der Waals surface area contributed by atoms with Crippen LogP contribution >= 0.6 is 0 Å². The van der Waals surface area contributed by atoms with Gasteiger partial charge in [-0.1, -0.05) is 24.3 Å². The molecule has 2 heterocycles. The minimum absolute atomic E-state index is 0.488. The molecule has 0 amide bonds.